The summed E-state index contributed by atoms with van der Waals surface area (Å²) >= 11 is 0. The Hall–Kier alpha value is -3.36. The molecule has 0 atom stereocenters. The van der Waals surface area contributed by atoms with Crippen LogP contribution in [0.1, 0.15) is 35.3 Å². The number of carbonyl (C=O) groups excluding carboxylic acids is 1. The highest BCUT2D eigenvalue weighted by molar-refractivity contribution is 5.95. The predicted octanol–water partition coefficient (Wildman–Crippen LogP) is 2.75. The van der Waals surface area contributed by atoms with Gasteiger partial charge in [0.2, 0.25) is 5.75 Å². The van der Waals surface area contributed by atoms with Crippen LogP contribution in [0, 0.1) is 6.92 Å². The molecule has 4 rings (SSSR count). The topological polar surface area (TPSA) is 91.1 Å². The van der Waals surface area contributed by atoms with Gasteiger partial charge in [-0.3, -0.25) is 4.79 Å². The Morgan fingerprint density at radius 2 is 1.67 bits per heavy atom. The zero-order valence-corrected chi connectivity index (χ0v) is 17.6. The first-order valence-corrected chi connectivity index (χ1v) is 9.89. The van der Waals surface area contributed by atoms with Crippen molar-refractivity contribution in [3.05, 3.63) is 29.6 Å². The third kappa shape index (κ3) is 3.40. The lowest BCUT2D eigenvalue weighted by atomic mass is 10.1. The molecule has 1 aliphatic rings. The van der Waals surface area contributed by atoms with Gasteiger partial charge < -0.3 is 19.1 Å². The third-order valence-electron chi connectivity index (χ3n) is 5.40. The van der Waals surface area contributed by atoms with E-state index in [1.54, 1.807) is 44.2 Å². The highest BCUT2D eigenvalue weighted by atomic mass is 16.5. The van der Waals surface area contributed by atoms with Crippen molar-refractivity contribution in [2.75, 3.05) is 34.4 Å². The molecule has 9 nitrogen and oxygen atoms in total. The lowest BCUT2D eigenvalue weighted by Gasteiger charge is -2.27. The molecule has 0 radical (unpaired) electrons. The summed E-state index contributed by atoms with van der Waals surface area (Å²) in [7, 11) is 4.67. The molecule has 0 aliphatic carbocycles. The van der Waals surface area contributed by atoms with Crippen molar-refractivity contribution in [3.8, 4) is 28.6 Å². The minimum Gasteiger partial charge on any atom is -0.493 e. The van der Waals surface area contributed by atoms with Gasteiger partial charge >= 0.3 is 0 Å². The quantitative estimate of drug-likeness (QED) is 0.637. The third-order valence-corrected chi connectivity index (χ3v) is 5.40. The number of piperidine rings is 1. The minimum atomic E-state index is -0.00793. The second-order valence-electron chi connectivity index (χ2n) is 7.17. The first kappa shape index (κ1) is 19.9. The van der Waals surface area contributed by atoms with Crippen molar-refractivity contribution in [1.29, 1.82) is 0 Å². The molecule has 3 aromatic rings. The fraction of sp³-hybridized carbons (Fsp3) is 0.429. The Morgan fingerprint density at radius 1 is 1.00 bits per heavy atom. The van der Waals surface area contributed by atoms with Crippen molar-refractivity contribution in [2.45, 2.75) is 26.2 Å². The van der Waals surface area contributed by atoms with Crippen molar-refractivity contribution in [2.24, 2.45) is 0 Å². The minimum absolute atomic E-state index is 0.00793. The van der Waals surface area contributed by atoms with Gasteiger partial charge in [-0.15, -0.1) is 5.10 Å². The van der Waals surface area contributed by atoms with Crippen LogP contribution in [0.5, 0.6) is 17.2 Å². The van der Waals surface area contributed by atoms with E-state index in [0.29, 0.717) is 45.7 Å². The molecule has 1 aliphatic heterocycles. The number of hydrogen-bond donors (Lipinski definition) is 0. The van der Waals surface area contributed by atoms with E-state index >= 15 is 0 Å². The second kappa shape index (κ2) is 8.17. The van der Waals surface area contributed by atoms with Crippen molar-refractivity contribution in [1.82, 2.24) is 24.5 Å². The Kier molecular flexibility index (Phi) is 5.43. The van der Waals surface area contributed by atoms with Crippen molar-refractivity contribution in [3.63, 3.8) is 0 Å². The van der Waals surface area contributed by atoms with Crippen LogP contribution in [-0.2, 0) is 0 Å². The monoisotopic (exact) mass is 411 g/mol. The van der Waals surface area contributed by atoms with Crippen LogP contribution in [0.2, 0.25) is 0 Å². The lowest BCUT2D eigenvalue weighted by molar-refractivity contribution is 0.0722. The number of benzene rings is 1. The van der Waals surface area contributed by atoms with Gasteiger partial charge in [-0.1, -0.05) is 0 Å². The molecule has 0 N–H and O–H groups in total. The van der Waals surface area contributed by atoms with Crippen molar-refractivity contribution < 1.29 is 19.0 Å². The summed E-state index contributed by atoms with van der Waals surface area (Å²) in [5, 5.41) is 4.60. The van der Waals surface area contributed by atoms with E-state index in [-0.39, 0.29) is 5.91 Å². The highest BCUT2D eigenvalue weighted by Gasteiger charge is 2.23. The largest absolute Gasteiger partial charge is 0.493 e. The molecule has 0 unspecified atom stereocenters. The van der Waals surface area contributed by atoms with E-state index < -0.39 is 0 Å². The summed E-state index contributed by atoms with van der Waals surface area (Å²) < 4.78 is 17.8. The maximum Gasteiger partial charge on any atom is 0.257 e. The van der Waals surface area contributed by atoms with E-state index in [9.17, 15) is 4.79 Å². The zero-order chi connectivity index (χ0) is 21.3. The number of hydrogen-bond acceptors (Lipinski definition) is 7. The fourth-order valence-electron chi connectivity index (χ4n) is 3.75. The highest BCUT2D eigenvalue weighted by Crippen LogP contribution is 2.40. The molecule has 2 aromatic heterocycles. The first-order valence-electron chi connectivity index (χ1n) is 9.89. The average Bonchev–Trinajstić information content (AvgIpc) is 3.24. The SMILES string of the molecule is COc1cc(-c2nc3ncc(C(=O)N4CCCCC4)c(C)n3n2)cc(OC)c1OC. The number of ether oxygens (including phenoxy) is 3. The van der Waals surface area contributed by atoms with Crippen LogP contribution >= 0.6 is 0 Å². The normalized spacial score (nSPS) is 14.1. The lowest BCUT2D eigenvalue weighted by Crippen LogP contribution is -2.36. The van der Waals surface area contributed by atoms with Crippen molar-refractivity contribution >= 4 is 11.7 Å². The zero-order valence-electron chi connectivity index (χ0n) is 17.6. The molecule has 1 fully saturated rings. The maximum atomic E-state index is 13.0. The summed E-state index contributed by atoms with van der Waals surface area (Å²) in [6.07, 6.45) is 4.83. The van der Waals surface area contributed by atoms with E-state index in [2.05, 4.69) is 15.1 Å². The summed E-state index contributed by atoms with van der Waals surface area (Å²) in [4.78, 5) is 23.7. The Labute approximate surface area is 174 Å². The number of methoxy groups -OCH3 is 3. The molecule has 30 heavy (non-hydrogen) atoms. The molecule has 158 valence electrons. The van der Waals surface area contributed by atoms with Crippen LogP contribution < -0.4 is 14.2 Å². The van der Waals surface area contributed by atoms with Crippen LogP contribution in [0.15, 0.2) is 18.3 Å². The van der Waals surface area contributed by atoms with Crippen LogP contribution in [0.3, 0.4) is 0 Å². The number of carbonyl (C=O) groups is 1. The molecule has 0 bridgehead atoms. The molecular weight excluding hydrogens is 386 g/mol. The number of fused-ring (bicyclic) bond motifs is 1. The van der Waals surface area contributed by atoms with Gasteiger partial charge in [-0.25, -0.2) is 9.50 Å². The van der Waals surface area contributed by atoms with Crippen LogP contribution in [0.25, 0.3) is 17.2 Å². The predicted molar refractivity (Wildman–Crippen MR) is 110 cm³/mol. The van der Waals surface area contributed by atoms with E-state index in [1.165, 1.54) is 6.42 Å². The molecule has 1 saturated heterocycles. The summed E-state index contributed by atoms with van der Waals surface area (Å²) in [6, 6.07) is 3.57. The molecule has 0 spiro atoms. The molecule has 1 amide bonds. The maximum absolute atomic E-state index is 13.0. The van der Waals surface area contributed by atoms with E-state index in [0.717, 1.165) is 25.9 Å². The fourth-order valence-corrected chi connectivity index (χ4v) is 3.75. The van der Waals surface area contributed by atoms with E-state index in [1.807, 2.05) is 11.8 Å². The average molecular weight is 411 g/mol. The summed E-state index contributed by atoms with van der Waals surface area (Å²) in [5.74, 6) is 2.38. The number of nitrogens with zero attached hydrogens (tertiary/aromatic N) is 5. The second-order valence-corrected chi connectivity index (χ2v) is 7.17. The number of amides is 1. The molecule has 9 heteroatoms. The standard InChI is InChI=1S/C21H25N5O4/c1-13-15(20(27)25-8-6-5-7-9-25)12-22-21-23-19(24-26(13)21)14-10-16(28-2)18(30-4)17(11-14)29-3/h10-12H,5-9H2,1-4H3. The first-order chi connectivity index (χ1) is 14.6. The summed E-state index contributed by atoms with van der Waals surface area (Å²) in [5.41, 5.74) is 1.95. The number of likely N-dealkylation sites (tertiary alicyclic amines) is 1. The van der Waals surface area contributed by atoms with Gasteiger partial charge in [0.1, 0.15) is 0 Å². The Morgan fingerprint density at radius 3 is 2.27 bits per heavy atom. The number of aromatic nitrogens is 4. The van der Waals surface area contributed by atoms with Gasteiger partial charge in [0.15, 0.2) is 17.3 Å². The van der Waals surface area contributed by atoms with Crippen LogP contribution in [-0.4, -0.2) is 64.8 Å². The Bertz CT molecular complexity index is 1060. The Balaban J connectivity index is 1.76. The molecular formula is C21H25N5O4. The van der Waals surface area contributed by atoms with Gasteiger partial charge in [0, 0.05) is 24.8 Å². The van der Waals surface area contributed by atoms with Crippen LogP contribution in [0.4, 0.5) is 0 Å². The molecule has 1 aromatic carbocycles. The smallest absolute Gasteiger partial charge is 0.257 e. The molecule has 0 saturated carbocycles. The van der Waals surface area contributed by atoms with Gasteiger partial charge in [0.05, 0.1) is 32.6 Å². The van der Waals surface area contributed by atoms with Gasteiger partial charge in [-0.2, -0.15) is 4.98 Å². The van der Waals surface area contributed by atoms with Gasteiger partial charge in [-0.05, 0) is 38.3 Å². The van der Waals surface area contributed by atoms with E-state index in [4.69, 9.17) is 14.2 Å². The number of rotatable bonds is 5. The summed E-state index contributed by atoms with van der Waals surface area (Å²) in [6.45, 7) is 3.42. The molecule has 3 heterocycles. The number of aryl methyl sites for hydroxylation is 1. The van der Waals surface area contributed by atoms with Gasteiger partial charge in [0.25, 0.3) is 11.7 Å².